The van der Waals surface area contributed by atoms with Crippen LogP contribution < -0.4 is 0 Å². The van der Waals surface area contributed by atoms with Gasteiger partial charge < -0.3 is 33.9 Å². The lowest BCUT2D eigenvalue weighted by molar-refractivity contribution is -0.170. The molecule has 0 saturated heterocycles. The molecule has 0 aliphatic rings. The molecule has 0 fully saturated rings. The fourth-order valence-electron chi connectivity index (χ4n) is 7.06. The molecule has 4 atom stereocenters. The molecule has 2 N–H and O–H groups in total. The van der Waals surface area contributed by atoms with E-state index in [-0.39, 0.29) is 27.5 Å². The Kier molecular flexibility index (Phi) is 14.1. The van der Waals surface area contributed by atoms with Gasteiger partial charge in [0.2, 0.25) is 0 Å². The van der Waals surface area contributed by atoms with Crippen molar-refractivity contribution in [2.75, 3.05) is 14.1 Å². The van der Waals surface area contributed by atoms with E-state index in [4.69, 9.17) is 91.2 Å². The van der Waals surface area contributed by atoms with Gasteiger partial charge in [0.05, 0.1) is 0 Å². The molecule has 452 valence electrons. The molecule has 0 aliphatic carbocycles. The topological polar surface area (TPSA) is 196 Å². The van der Waals surface area contributed by atoms with Crippen LogP contribution in [0.1, 0.15) is 141 Å². The van der Waals surface area contributed by atoms with Gasteiger partial charge in [0, 0.05) is 90.7 Å². The first kappa shape index (κ1) is 36.6. The summed E-state index contributed by atoms with van der Waals surface area (Å²) in [5.41, 5.74) is 6.23. The van der Waals surface area contributed by atoms with Crippen molar-refractivity contribution in [1.29, 1.82) is 0 Å². The fraction of sp³-hybridized carbons (Fsp3) is 0.323. The number of carboxylic acid groups (broad SMARTS) is 1. The number of hydrogen-bond acceptors (Lipinski definition) is 12. The molecule has 0 unspecified atom stereocenters. The summed E-state index contributed by atoms with van der Waals surface area (Å²) in [5.74, 6) is -3.06. The summed E-state index contributed by atoms with van der Waals surface area (Å²) in [6.07, 6.45) is -3.13. The highest BCUT2D eigenvalue weighted by atomic mass is 16.6. The van der Waals surface area contributed by atoms with Crippen LogP contribution in [-0.2, 0) is 68.9 Å². The standard InChI is InChI=1S/C31H35NO6.C21H25NO4.C10H12O3.22H2/c1-22(28(33)36-21-24-12-8-6-9-13-24)37-29(34)27(32(5)30(35)38-31(2,3)4)20-23-16-18-26(19-17-23)25-14-10-7-11-15-25;1-21(2,3)26-20(25)22(4)18(19(23)24)14-15-10-12-17(13-11-15)16-8-6-5-7-9-16;1-8(11)10(12)13-7-9-5-3-2-4-6-9;;;;;;;;;;;;;;;;;;;;;;/h6-19,22,27H,20-21H2,1-5H3;5-13,18H,14H2,1-4H3,(H,23,24);2-6,8,11H,7H2,1H3;22*1H/t22-,27+;18-;8-;;;;;;;;;;;;;;;;;;;;;;/m100....................../s1/i;;;21*1+1D;1+1. The summed E-state index contributed by atoms with van der Waals surface area (Å²) in [4.78, 5) is 75.6. The average molecular weight is 1140 g/mol. The highest BCUT2D eigenvalue weighted by Gasteiger charge is 2.34. The van der Waals surface area contributed by atoms with Crippen molar-refractivity contribution in [1.82, 2.24) is 9.80 Å². The zero-order valence-corrected chi connectivity index (χ0v) is 45.6. The minimum Gasteiger partial charge on any atom is -0.480 e. The maximum atomic E-state index is 13.3. The number of aliphatic hydroxyl groups is 1. The van der Waals surface area contributed by atoms with Crippen LogP contribution in [0.25, 0.3) is 22.3 Å². The van der Waals surface area contributed by atoms with Crippen LogP contribution in [0.4, 0.5) is 9.59 Å². The van der Waals surface area contributed by atoms with Crippen LogP contribution in [0.2, 0.25) is 0 Å². The first-order valence-electron chi connectivity index (χ1n) is 46.1. The minimum absolute atomic E-state index is 0. The maximum absolute atomic E-state index is 13.3. The van der Waals surface area contributed by atoms with Gasteiger partial charge in [-0.15, -0.1) is 0 Å². The number of hydrogen-bond donors (Lipinski definition) is 2. The molecule has 2 amide bonds. The fourth-order valence-corrected chi connectivity index (χ4v) is 7.06. The van der Waals surface area contributed by atoms with Crippen LogP contribution >= 0.6 is 0 Å². The molecule has 15 heteroatoms. The summed E-state index contributed by atoms with van der Waals surface area (Å²) < 4.78 is 236. The second-order valence-corrected chi connectivity index (χ2v) is 20.0. The first-order valence-corrected chi connectivity index (χ1v) is 25.1. The Morgan fingerprint density at radius 1 is 0.468 bits per heavy atom. The SMILES string of the molecule is CN(C(=O)OC(C)(C)C)[C@@H](Cc1ccc(-c2ccccc2)cc1)C(=O)O.C[C@@H](OC(=O)[C@H](Cc1ccc(-c2ccccc2)cc1)N(C)C(=O)OC(C)(C)C)C(=O)OCc1ccccc1.C[C@H](O)C(=O)OCc1ccccc1.[2HH].[2H][2H].[2H][2H].[2H][2H].[2H][2H].[2H][2H].[2H][2H].[2H][2H].[2H][2H].[2H][2H].[2H][2H].[2H][2H].[2H][2H].[2H][2H].[2H][2H].[2H][2H].[2H][2H].[2H][2H].[2H][2H].[2H][2H].[2H][2H].[2H][2H]. The Morgan fingerprint density at radius 2 is 0.792 bits per heavy atom. The van der Waals surface area contributed by atoms with Gasteiger partial charge >= 0.3 is 36.1 Å². The smallest absolute Gasteiger partial charge is 0.410 e. The minimum atomic E-state index is -1.15. The highest BCUT2D eigenvalue weighted by Crippen LogP contribution is 2.23. The van der Waals surface area contributed by atoms with E-state index in [1.54, 1.807) is 41.5 Å². The van der Waals surface area contributed by atoms with Gasteiger partial charge in [0.15, 0.2) is 6.10 Å². The Balaban J connectivity index is -0.0000000638. The van der Waals surface area contributed by atoms with E-state index in [0.29, 0.717) is 0 Å². The Hall–Kier alpha value is -8.30. The Bertz CT molecular complexity index is 2890. The summed E-state index contributed by atoms with van der Waals surface area (Å²) in [7, 11) is 2.93. The predicted octanol–water partition coefficient (Wildman–Crippen LogP) is 16.5. The number of carbonyl (C=O) groups is 6. The van der Waals surface area contributed by atoms with Gasteiger partial charge in [-0.3, -0.25) is 9.80 Å². The second-order valence-electron chi connectivity index (χ2n) is 20.0. The van der Waals surface area contributed by atoms with E-state index in [1.165, 1.54) is 32.8 Å². The van der Waals surface area contributed by atoms with Crippen LogP contribution in [-0.4, -0.2) is 106 Å². The lowest BCUT2D eigenvalue weighted by Gasteiger charge is -2.30. The van der Waals surface area contributed by atoms with E-state index >= 15 is 0 Å². The molecule has 0 aliphatic heterocycles. The average Bonchev–Trinajstić information content (AvgIpc) is 0.838. The number of benzene rings is 6. The third-order valence-corrected chi connectivity index (χ3v) is 11.2. The number of ether oxygens (including phenoxy) is 5. The molecule has 6 rings (SSSR count). The zero-order chi connectivity index (χ0) is 98.7. The molecule has 6 aromatic carbocycles. The van der Waals surface area contributed by atoms with Gasteiger partial charge in [-0.25, -0.2) is 28.8 Å². The number of nitrogens with zero attached hydrogens (tertiary/aromatic N) is 2. The van der Waals surface area contributed by atoms with E-state index in [2.05, 4.69) is 0 Å². The Labute approximate surface area is 518 Å². The van der Waals surface area contributed by atoms with Crippen molar-refractivity contribution in [2.45, 2.75) is 117 Å². The summed E-state index contributed by atoms with van der Waals surface area (Å²) in [6.45, 7) is 13.6. The lowest BCUT2D eigenvalue weighted by Crippen LogP contribution is -2.47. The number of amides is 2. The van der Waals surface area contributed by atoms with E-state index in [9.17, 15) is 33.9 Å². The maximum Gasteiger partial charge on any atom is 0.410 e. The van der Waals surface area contributed by atoms with Crippen LogP contribution in [0.15, 0.2) is 170 Å². The number of rotatable bonds is 17. The van der Waals surface area contributed by atoms with Crippen molar-refractivity contribution in [2.24, 2.45) is 0 Å². The van der Waals surface area contributed by atoms with Crippen molar-refractivity contribution in [3.63, 3.8) is 0 Å². The number of aliphatic carboxylic acids is 1. The number of esters is 3. The summed E-state index contributed by atoms with van der Waals surface area (Å²) >= 11 is 0. The van der Waals surface area contributed by atoms with Gasteiger partial charge in [0.25, 0.3) is 0 Å². The van der Waals surface area contributed by atoms with E-state index in [1.807, 2.05) is 170 Å². The second kappa shape index (κ2) is 29.7. The molecular weight excluding hydrogens is 981 g/mol. The number of aliphatic hydroxyl groups excluding tert-OH is 1. The lowest BCUT2D eigenvalue weighted by atomic mass is 10.00. The molecule has 0 radical (unpaired) electrons. The Morgan fingerprint density at radius 3 is 1.14 bits per heavy atom. The molecule has 0 bridgehead atoms. The highest BCUT2D eigenvalue weighted by molar-refractivity contribution is 5.85. The van der Waals surface area contributed by atoms with E-state index in [0.717, 1.165) is 49.4 Å². The van der Waals surface area contributed by atoms with Gasteiger partial charge in [-0.2, -0.15) is 0 Å². The molecule has 0 saturated carbocycles. The van der Waals surface area contributed by atoms with Crippen LogP contribution in [0, 0.1) is 0 Å². The number of carbonyl (C=O) groups excluding carboxylic acids is 5. The molecule has 77 heavy (non-hydrogen) atoms. The predicted molar refractivity (Wildman–Crippen MR) is 341 cm³/mol. The van der Waals surface area contributed by atoms with Crippen LogP contribution in [0.5, 0.6) is 0 Å². The molecular formula is C62H116N2O13. The third-order valence-electron chi connectivity index (χ3n) is 11.2. The van der Waals surface area contributed by atoms with E-state index < -0.39 is 71.6 Å². The van der Waals surface area contributed by atoms with Crippen molar-refractivity contribution in [3.8, 4) is 22.3 Å². The number of likely N-dealkylation sites (N-methyl/N-ethyl adjacent to an activating group) is 2. The molecule has 0 aromatic heterocycles. The number of carboxylic acids is 1. The van der Waals surface area contributed by atoms with Gasteiger partial charge in [-0.05, 0) is 99.9 Å². The van der Waals surface area contributed by atoms with Crippen LogP contribution in [0.3, 0.4) is 0 Å². The monoisotopic (exact) mass is 1140 g/mol. The van der Waals surface area contributed by atoms with Crippen molar-refractivity contribution >= 4 is 36.1 Å². The molecule has 6 aromatic rings. The third kappa shape index (κ3) is 21.8. The quantitative estimate of drug-likeness (QED) is 0.0647. The molecule has 0 heterocycles. The largest absolute Gasteiger partial charge is 0.480 e. The zero-order valence-electron chi connectivity index (χ0n) is 87.6. The van der Waals surface area contributed by atoms with Gasteiger partial charge in [0.1, 0.15) is 42.6 Å². The van der Waals surface area contributed by atoms with Crippen molar-refractivity contribution < 1.29 is 126 Å². The summed E-state index contributed by atoms with van der Waals surface area (Å²) in [6, 6.07) is 51.8. The van der Waals surface area contributed by atoms with Gasteiger partial charge in [-0.1, -0.05) is 170 Å². The molecule has 15 nitrogen and oxygen atoms in total. The first-order chi connectivity index (χ1) is 57.4. The van der Waals surface area contributed by atoms with Crippen molar-refractivity contribution in [3.05, 3.63) is 192 Å². The summed E-state index contributed by atoms with van der Waals surface area (Å²) in [5, 5.41) is 18.4. The molecule has 0 spiro atoms. The normalized spacial score (nSPS) is 14.6.